The van der Waals surface area contributed by atoms with Gasteiger partial charge >= 0.3 is 55.4 Å². The zero-order valence-corrected chi connectivity index (χ0v) is 85.2. The molecule has 0 aliphatic rings. The summed E-state index contributed by atoms with van der Waals surface area (Å²) in [6.45, 7) is 16.9. The first-order chi connectivity index (χ1) is 64.4. The predicted molar refractivity (Wildman–Crippen MR) is 580 cm³/mol. The summed E-state index contributed by atoms with van der Waals surface area (Å²) in [5, 5.41) is 22.9. The SMILES string of the molecule is [CH2][CH][CH2].[CH2][CH][CH2].[Cl][Pd+].[Cl][Pd+].c1ccc(P(CN(CCN(CP(c2ccccc2)c2ccccc2)CP(c2ccccc2)c2ccccc2)CP(c2ccccc2)c2ccccc2)c2ccccc2)cc1.c1ccc(P(CN(CCN(CP(c2ccccc2)c2ccccc2)CP(c2ccccc2)c2ccccc2)CP(c2ccccc2)c2ccccc2)c2ccccc2)cc1. The van der Waals surface area contributed by atoms with Gasteiger partial charge < -0.3 is 0 Å². The van der Waals surface area contributed by atoms with Crippen molar-refractivity contribution in [2.45, 2.75) is 0 Å². The van der Waals surface area contributed by atoms with E-state index < -0.39 is 63.4 Å². The molecule has 0 bridgehead atoms. The Labute approximate surface area is 818 Å². The molecule has 662 valence electrons. The third-order valence-corrected chi connectivity index (χ3v) is 41.5. The maximum Gasteiger partial charge on any atom is 0.0270 e. The van der Waals surface area contributed by atoms with Gasteiger partial charge in [-0.2, -0.15) is 0 Å². The number of hydrogen-bond donors (Lipinski definition) is 0. The van der Waals surface area contributed by atoms with Crippen LogP contribution in [0, 0.1) is 40.5 Å². The molecule has 6 radical (unpaired) electrons. The van der Waals surface area contributed by atoms with Crippen LogP contribution in [0.1, 0.15) is 0 Å². The fourth-order valence-corrected chi connectivity index (χ4v) is 34.4. The van der Waals surface area contributed by atoms with Crippen molar-refractivity contribution in [1.29, 1.82) is 0 Å². The summed E-state index contributed by atoms with van der Waals surface area (Å²) in [6, 6.07) is 180. The van der Waals surface area contributed by atoms with E-state index in [1.54, 1.807) is 0 Å². The monoisotopic (exact) mass is 2070 g/mol. The maximum absolute atomic E-state index is 4.49. The van der Waals surface area contributed by atoms with E-state index in [1.807, 2.05) is 0 Å². The Morgan fingerprint density at radius 3 is 0.269 bits per heavy atom. The van der Waals surface area contributed by atoms with Crippen molar-refractivity contribution < 1.29 is 36.4 Å². The third kappa shape index (κ3) is 33.7. The fraction of sp³-hybridized carbons (Fsp3) is 0.105. The topological polar surface area (TPSA) is 13.0 Å². The second kappa shape index (κ2) is 60.9. The van der Waals surface area contributed by atoms with Crippen molar-refractivity contribution in [3.8, 4) is 0 Å². The van der Waals surface area contributed by atoms with Gasteiger partial charge in [-0.25, -0.2) is 0 Å². The summed E-state index contributed by atoms with van der Waals surface area (Å²) in [5.41, 5.74) is 0. The summed E-state index contributed by atoms with van der Waals surface area (Å²) >= 11 is 4.44. The molecule has 16 aromatic carbocycles. The van der Waals surface area contributed by atoms with E-state index in [2.05, 4.69) is 588 Å². The molecular formula is C114H114Cl2N4P8Pd2+2. The summed E-state index contributed by atoms with van der Waals surface area (Å²) in [7, 11) is 3.85. The van der Waals surface area contributed by atoms with Gasteiger partial charge in [0.1, 0.15) is 0 Å². The molecule has 0 saturated carbocycles. The van der Waals surface area contributed by atoms with Crippen molar-refractivity contribution in [2.75, 3.05) is 76.5 Å². The average molecular weight is 2070 g/mol. The molecule has 0 amide bonds. The molecule has 0 aliphatic carbocycles. The first-order valence-corrected chi connectivity index (χ1v) is 59.6. The van der Waals surface area contributed by atoms with E-state index in [-0.39, 0.29) is 0 Å². The summed E-state index contributed by atoms with van der Waals surface area (Å²) in [5.74, 6) is 0. The minimum Gasteiger partial charge on any atom is -0.293 e. The van der Waals surface area contributed by atoms with Gasteiger partial charge in [-0.05, 0) is 189 Å². The third-order valence-electron chi connectivity index (χ3n) is 21.3. The van der Waals surface area contributed by atoms with Crippen LogP contribution < -0.4 is 84.9 Å². The second-order valence-corrected chi connectivity index (χ2v) is 47.5. The number of rotatable bonds is 38. The minimum absolute atomic E-state index is 0.642. The molecule has 130 heavy (non-hydrogen) atoms. The summed E-state index contributed by atoms with van der Waals surface area (Å²) in [6.07, 6.45) is 11.0. The normalized spacial score (nSPS) is 11.1. The molecule has 0 saturated heterocycles. The number of nitrogens with zero attached hydrogens (tertiary/aromatic N) is 4. The minimum atomic E-state index is -0.642. The van der Waals surface area contributed by atoms with E-state index in [0.717, 1.165) is 76.5 Å². The Kier molecular flexibility index (Phi) is 48.3. The van der Waals surface area contributed by atoms with Crippen molar-refractivity contribution in [2.24, 2.45) is 0 Å². The van der Waals surface area contributed by atoms with Crippen molar-refractivity contribution >= 4 is 167 Å². The first kappa shape index (κ1) is 103. The molecule has 0 aromatic heterocycles. The van der Waals surface area contributed by atoms with Crippen LogP contribution in [0.3, 0.4) is 0 Å². The van der Waals surface area contributed by atoms with Crippen molar-refractivity contribution in [3.05, 3.63) is 526 Å². The molecule has 0 fully saturated rings. The molecule has 0 N–H and O–H groups in total. The van der Waals surface area contributed by atoms with Crippen LogP contribution >= 0.6 is 82.4 Å². The van der Waals surface area contributed by atoms with E-state index in [9.17, 15) is 0 Å². The van der Waals surface area contributed by atoms with Crippen molar-refractivity contribution in [1.82, 2.24) is 19.6 Å². The molecule has 16 aromatic rings. The van der Waals surface area contributed by atoms with Gasteiger partial charge in [-0.15, -0.1) is 0 Å². The van der Waals surface area contributed by atoms with Crippen LogP contribution in [0.15, 0.2) is 485 Å². The zero-order chi connectivity index (χ0) is 90.6. The van der Waals surface area contributed by atoms with Crippen LogP contribution in [0.25, 0.3) is 0 Å². The molecule has 0 unspecified atom stereocenters. The molecular weight excluding hydrogens is 1960 g/mol. The van der Waals surface area contributed by atoms with Gasteiger partial charge in [0, 0.05) is 76.5 Å². The predicted octanol–water partition coefficient (Wildman–Crippen LogP) is 23.0. The Morgan fingerprint density at radius 2 is 0.208 bits per heavy atom. The molecule has 0 spiro atoms. The van der Waals surface area contributed by atoms with E-state index >= 15 is 0 Å². The van der Waals surface area contributed by atoms with Gasteiger partial charge in [0.15, 0.2) is 0 Å². The molecule has 4 nitrogen and oxygen atoms in total. The smallest absolute Gasteiger partial charge is 0.0270 e. The molecule has 0 heterocycles. The molecule has 16 rings (SSSR count). The van der Waals surface area contributed by atoms with Crippen LogP contribution in [-0.2, 0) is 36.4 Å². The number of hydrogen-bond acceptors (Lipinski definition) is 4. The van der Waals surface area contributed by atoms with Gasteiger partial charge in [0.2, 0.25) is 0 Å². The summed E-state index contributed by atoms with van der Waals surface area (Å²) in [4.78, 5) is 11.4. The van der Waals surface area contributed by atoms with E-state index in [4.69, 9.17) is 0 Å². The Bertz CT molecular complexity index is 4200. The van der Waals surface area contributed by atoms with Crippen LogP contribution in [0.4, 0.5) is 0 Å². The van der Waals surface area contributed by atoms with Crippen LogP contribution in [0.5, 0.6) is 0 Å². The van der Waals surface area contributed by atoms with Crippen LogP contribution in [0.2, 0.25) is 0 Å². The zero-order valence-electron chi connectivity index (χ0n) is 73.4. The summed E-state index contributed by atoms with van der Waals surface area (Å²) < 4.78 is 0. The number of halogens is 2. The molecule has 16 heteroatoms. The number of benzene rings is 16. The van der Waals surface area contributed by atoms with Crippen molar-refractivity contribution in [3.63, 3.8) is 0 Å². The van der Waals surface area contributed by atoms with E-state index in [1.165, 1.54) is 97.7 Å². The quantitative estimate of drug-likeness (QED) is 0.0282. The average Bonchev–Trinajstić information content (AvgIpc) is 0.825. The first-order valence-electron chi connectivity index (χ1n) is 43.3. The largest absolute Gasteiger partial charge is 0.293 e. The fourth-order valence-electron chi connectivity index (χ4n) is 15.1. The molecule has 0 aliphatic heterocycles. The molecule has 0 atom stereocenters. The Morgan fingerprint density at radius 1 is 0.146 bits per heavy atom. The Balaban J connectivity index is 0.000000229. The second-order valence-electron chi connectivity index (χ2n) is 30.1. The maximum atomic E-state index is 4.49. The Hall–Kier alpha value is -7.30. The van der Waals surface area contributed by atoms with Crippen LogP contribution in [-0.4, -0.2) is 96.1 Å². The van der Waals surface area contributed by atoms with Gasteiger partial charge in [-0.3, -0.25) is 19.6 Å². The van der Waals surface area contributed by atoms with E-state index in [0.29, 0.717) is 0 Å². The van der Waals surface area contributed by atoms with Gasteiger partial charge in [-0.1, -0.05) is 485 Å². The standard InChI is InChI=1S/2C54H52N2P4.2C3H5.2ClH.2Pd/c2*1-9-25-47(26-10-1)57(48-27-11-2-12-28-48)43-55(44-58(49-29-13-3-14-30-49)50-31-15-4-16-32-50)41-42-56(45-59(51-33-17-5-18-34-51)52-35-19-6-20-36-52)46-60(53-37-21-7-22-38-53)54-39-23-8-24-40-54;2*1-3-2;;;;/h2*1-40H,41-46H2;2*3H,1-2H2;2*1H;;/q;;;;;;2*+2/p-2. The van der Waals surface area contributed by atoms with Gasteiger partial charge in [0.25, 0.3) is 0 Å². The van der Waals surface area contributed by atoms with Gasteiger partial charge in [0.05, 0.1) is 0 Å².